The highest BCUT2D eigenvalue weighted by atomic mass is 15.0. The lowest BCUT2D eigenvalue weighted by atomic mass is 9.48. The van der Waals surface area contributed by atoms with Crippen LogP contribution in [0.1, 0.15) is 93.0 Å². The smallest absolute Gasteiger partial charge is 0.0729 e. The Morgan fingerprint density at radius 2 is 1.19 bits per heavy atom. The SMILES string of the molecule is CC1C2=C(CC(n3c4ccccc4c4ccccc43)C=C2)c2ccccc2C1C1=CCC(n2c3ccccc3c3cc(C45CC6CC(CC(C6)C4)C5)ccc32)C=N1. The molecule has 4 fully saturated rings. The molecule has 4 bridgehead atoms. The zero-order valence-corrected chi connectivity index (χ0v) is 32.8. The molecule has 0 radical (unpaired) electrons. The van der Waals surface area contributed by atoms with Crippen molar-refractivity contribution in [1.82, 2.24) is 9.13 Å². The van der Waals surface area contributed by atoms with Gasteiger partial charge in [-0.25, -0.2) is 0 Å². The lowest BCUT2D eigenvalue weighted by Crippen LogP contribution is -2.48. The van der Waals surface area contributed by atoms with E-state index in [2.05, 4.69) is 156 Å². The van der Waals surface area contributed by atoms with Gasteiger partial charge in [-0.1, -0.05) is 110 Å². The molecule has 0 saturated heterocycles. The maximum absolute atomic E-state index is 5.42. The summed E-state index contributed by atoms with van der Waals surface area (Å²) >= 11 is 0. The van der Waals surface area contributed by atoms with Gasteiger partial charge in [-0.05, 0) is 139 Å². The van der Waals surface area contributed by atoms with Gasteiger partial charge in [0.25, 0.3) is 0 Å². The molecule has 4 saturated carbocycles. The summed E-state index contributed by atoms with van der Waals surface area (Å²) in [5, 5.41) is 5.49. The molecule has 4 atom stereocenters. The highest BCUT2D eigenvalue weighted by Gasteiger charge is 2.51. The normalized spacial score (nSPS) is 30.1. The van der Waals surface area contributed by atoms with Gasteiger partial charge in [-0.15, -0.1) is 0 Å². The van der Waals surface area contributed by atoms with Crippen molar-refractivity contribution in [3.63, 3.8) is 0 Å². The predicted molar refractivity (Wildman–Crippen MR) is 237 cm³/mol. The maximum Gasteiger partial charge on any atom is 0.0729 e. The number of benzene rings is 5. The zero-order valence-electron chi connectivity index (χ0n) is 32.8. The molecule has 6 aliphatic carbocycles. The molecule has 4 unspecified atom stereocenters. The van der Waals surface area contributed by atoms with Crippen molar-refractivity contribution in [2.45, 2.75) is 81.7 Å². The number of allylic oxidation sites excluding steroid dienone is 6. The van der Waals surface area contributed by atoms with Crippen LogP contribution in [0, 0.1) is 23.7 Å². The van der Waals surface area contributed by atoms with Gasteiger partial charge in [0.2, 0.25) is 0 Å². The maximum atomic E-state index is 5.42. The summed E-state index contributed by atoms with van der Waals surface area (Å²) in [6.07, 6.45) is 20.3. The minimum absolute atomic E-state index is 0.187. The van der Waals surface area contributed by atoms with Crippen molar-refractivity contribution in [2.24, 2.45) is 28.7 Å². The number of aliphatic imine (C=N–C) groups is 1. The number of hydrogen-bond acceptors (Lipinski definition) is 1. The van der Waals surface area contributed by atoms with Crippen molar-refractivity contribution in [1.29, 1.82) is 0 Å². The van der Waals surface area contributed by atoms with Gasteiger partial charge in [0.05, 0.1) is 12.1 Å². The first-order valence-electron chi connectivity index (χ1n) is 21.9. The third kappa shape index (κ3) is 4.69. The lowest BCUT2D eigenvalue weighted by Gasteiger charge is -2.57. The fourth-order valence-electron chi connectivity index (χ4n) is 13.9. The Morgan fingerprint density at radius 1 is 0.614 bits per heavy atom. The molecule has 3 nitrogen and oxygen atoms in total. The van der Waals surface area contributed by atoms with Crippen LogP contribution < -0.4 is 0 Å². The second kappa shape index (κ2) is 12.1. The first-order valence-corrected chi connectivity index (χ1v) is 21.9. The molecule has 2 aromatic heterocycles. The van der Waals surface area contributed by atoms with E-state index in [1.54, 1.807) is 5.56 Å². The average molecular weight is 740 g/mol. The first-order chi connectivity index (χ1) is 28.1. The van der Waals surface area contributed by atoms with Crippen LogP contribution in [-0.4, -0.2) is 15.3 Å². The highest BCUT2D eigenvalue weighted by molar-refractivity contribution is 6.09. The fraction of sp³-hybridized carbons (Fsp3) is 0.315. The van der Waals surface area contributed by atoms with Crippen molar-refractivity contribution in [3.8, 4) is 0 Å². The number of nitrogens with zero attached hydrogens (tertiary/aromatic N) is 3. The van der Waals surface area contributed by atoms with E-state index >= 15 is 0 Å². The van der Waals surface area contributed by atoms with Crippen LogP contribution in [0.2, 0.25) is 0 Å². The Bertz CT molecular complexity index is 2850. The summed E-state index contributed by atoms with van der Waals surface area (Å²) in [7, 11) is 0. The monoisotopic (exact) mass is 739 g/mol. The summed E-state index contributed by atoms with van der Waals surface area (Å²) in [6.45, 7) is 2.44. The van der Waals surface area contributed by atoms with Crippen molar-refractivity contribution in [2.75, 3.05) is 0 Å². The second-order valence-electron chi connectivity index (χ2n) is 18.8. The minimum atomic E-state index is 0.187. The summed E-state index contributed by atoms with van der Waals surface area (Å²) in [6, 6.07) is 44.3. The Morgan fingerprint density at radius 3 is 1.84 bits per heavy atom. The molecular formula is C54H49N3. The van der Waals surface area contributed by atoms with Gasteiger partial charge in [-0.2, -0.15) is 0 Å². The Kier molecular flexibility index (Phi) is 6.91. The van der Waals surface area contributed by atoms with Crippen LogP contribution in [0.3, 0.4) is 0 Å². The number of aromatic nitrogens is 2. The molecule has 14 rings (SSSR count). The predicted octanol–water partition coefficient (Wildman–Crippen LogP) is 13.7. The topological polar surface area (TPSA) is 22.2 Å². The quantitative estimate of drug-likeness (QED) is 0.172. The largest absolute Gasteiger partial charge is 0.333 e. The number of fused-ring (bicyclic) bond motifs is 8. The third-order valence-corrected chi connectivity index (χ3v) is 15.8. The highest BCUT2D eigenvalue weighted by Crippen LogP contribution is 2.61. The molecule has 7 aliphatic rings. The Balaban J connectivity index is 0.834. The van der Waals surface area contributed by atoms with Gasteiger partial charge in [0, 0.05) is 61.4 Å². The number of hydrogen-bond donors (Lipinski definition) is 0. The van der Waals surface area contributed by atoms with E-state index in [0.717, 1.165) is 30.6 Å². The molecule has 0 spiro atoms. The van der Waals surface area contributed by atoms with Gasteiger partial charge < -0.3 is 9.13 Å². The van der Waals surface area contributed by atoms with Crippen LogP contribution in [0.25, 0.3) is 49.2 Å². The first kappa shape index (κ1) is 32.7. The van der Waals surface area contributed by atoms with Gasteiger partial charge in [0.15, 0.2) is 0 Å². The van der Waals surface area contributed by atoms with Crippen molar-refractivity contribution in [3.05, 3.63) is 161 Å². The van der Waals surface area contributed by atoms with Gasteiger partial charge in [-0.3, -0.25) is 4.99 Å². The van der Waals surface area contributed by atoms with Crippen LogP contribution in [0.4, 0.5) is 0 Å². The Labute approximate surface area is 335 Å². The molecule has 0 amide bonds. The summed E-state index contributed by atoms with van der Waals surface area (Å²) in [5.41, 5.74) is 14.4. The molecule has 7 aromatic rings. The summed E-state index contributed by atoms with van der Waals surface area (Å²) in [4.78, 5) is 5.42. The number of rotatable bonds is 4. The molecule has 57 heavy (non-hydrogen) atoms. The van der Waals surface area contributed by atoms with E-state index in [9.17, 15) is 0 Å². The molecule has 3 heterocycles. The van der Waals surface area contributed by atoms with Crippen molar-refractivity contribution >= 4 is 55.4 Å². The summed E-state index contributed by atoms with van der Waals surface area (Å²) in [5.74, 6) is 3.42. The van der Waals surface area contributed by atoms with Gasteiger partial charge in [0.1, 0.15) is 0 Å². The fourth-order valence-corrected chi connectivity index (χ4v) is 13.9. The van der Waals surface area contributed by atoms with E-state index in [1.807, 2.05) is 0 Å². The molecule has 280 valence electrons. The molecular weight excluding hydrogens is 691 g/mol. The van der Waals surface area contributed by atoms with Crippen LogP contribution >= 0.6 is 0 Å². The zero-order chi connectivity index (χ0) is 37.4. The standard InChI is InChI=1S/C54H49N3/c1-33-40-21-19-38(56-49-15-7-4-11-42(49)43-12-5-8-16-50(43)56)28-46(40)41-10-2-3-14-45(41)53(33)48-22-20-39(32-55-48)57-51-17-9-6-13-44(51)47-27-37(18-23-52(47)57)54-29-34-24-35(30-54)26-36(25-34)31-54/h2-19,21-23,27,32-36,38-39,53H,20,24-26,28-31H2,1H3. The van der Waals surface area contributed by atoms with Crippen LogP contribution in [0.5, 0.6) is 0 Å². The van der Waals surface area contributed by atoms with E-state index in [-0.39, 0.29) is 18.0 Å². The van der Waals surface area contributed by atoms with E-state index in [1.165, 1.54) is 110 Å². The number of para-hydroxylation sites is 3. The molecule has 5 aromatic carbocycles. The lowest BCUT2D eigenvalue weighted by molar-refractivity contribution is -0.00512. The Hall–Kier alpha value is -5.41. The minimum Gasteiger partial charge on any atom is -0.333 e. The van der Waals surface area contributed by atoms with Crippen LogP contribution in [0.15, 0.2) is 150 Å². The van der Waals surface area contributed by atoms with Gasteiger partial charge >= 0.3 is 0 Å². The van der Waals surface area contributed by atoms with E-state index in [0.29, 0.717) is 11.3 Å². The average Bonchev–Trinajstić information content (AvgIpc) is 3.76. The third-order valence-electron chi connectivity index (χ3n) is 15.8. The van der Waals surface area contributed by atoms with Crippen LogP contribution in [-0.2, 0) is 5.41 Å². The van der Waals surface area contributed by atoms with Crippen molar-refractivity contribution < 1.29 is 0 Å². The van der Waals surface area contributed by atoms with E-state index in [4.69, 9.17) is 4.99 Å². The molecule has 1 aliphatic heterocycles. The van der Waals surface area contributed by atoms with E-state index < -0.39 is 0 Å². The summed E-state index contributed by atoms with van der Waals surface area (Å²) < 4.78 is 5.18. The second-order valence-corrected chi connectivity index (χ2v) is 18.8. The molecule has 3 heteroatoms. The molecule has 0 N–H and O–H groups in total.